The van der Waals surface area contributed by atoms with Gasteiger partial charge in [0.25, 0.3) is 0 Å². The molecule has 0 aromatic heterocycles. The van der Waals surface area contributed by atoms with E-state index in [-0.39, 0.29) is 23.5 Å². The molecule has 11 heteroatoms. The maximum atomic E-state index is 13.8. The lowest BCUT2D eigenvalue weighted by Crippen LogP contribution is -2.31. The van der Waals surface area contributed by atoms with Crippen LogP contribution in [0.3, 0.4) is 0 Å². The first-order valence-electron chi connectivity index (χ1n) is 13.2. The molecule has 4 aromatic rings. The zero-order valence-corrected chi connectivity index (χ0v) is 23.4. The second-order valence-electron chi connectivity index (χ2n) is 10.3. The number of phenolic OH excluding ortho intramolecular Hbond substituents is 1. The third-order valence-corrected chi connectivity index (χ3v) is 8.60. The van der Waals surface area contributed by atoms with Crippen LogP contribution in [-0.4, -0.2) is 44.0 Å². The van der Waals surface area contributed by atoms with Gasteiger partial charge in [0.15, 0.2) is 0 Å². The van der Waals surface area contributed by atoms with Crippen LogP contribution in [0.4, 0.5) is 19.3 Å². The Kier molecular flexibility index (Phi) is 8.17. The fourth-order valence-electron chi connectivity index (χ4n) is 5.39. The first-order valence-corrected chi connectivity index (χ1v) is 14.8. The molecule has 5 rings (SSSR count). The van der Waals surface area contributed by atoms with Crippen molar-refractivity contribution in [1.29, 1.82) is 0 Å². The Morgan fingerprint density at radius 1 is 0.857 bits per heavy atom. The lowest BCUT2D eigenvalue weighted by molar-refractivity contribution is 0.148. The lowest BCUT2D eigenvalue weighted by Gasteiger charge is -2.29. The van der Waals surface area contributed by atoms with Crippen molar-refractivity contribution >= 4 is 24.6 Å². The summed E-state index contributed by atoms with van der Waals surface area (Å²) in [5.41, 5.74) is 2.59. The summed E-state index contributed by atoms with van der Waals surface area (Å²) in [6, 6.07) is 20.1. The molecule has 4 aromatic carbocycles. The van der Waals surface area contributed by atoms with E-state index in [0.29, 0.717) is 34.4 Å². The minimum absolute atomic E-state index is 0.115. The number of halogens is 2. The van der Waals surface area contributed by atoms with E-state index < -0.39 is 37.4 Å². The molecule has 3 atom stereocenters. The molecular formula is C31H29F2N2O6P. The molecule has 0 aliphatic carbocycles. The van der Waals surface area contributed by atoms with Crippen LogP contribution >= 0.6 is 7.60 Å². The number of carbonyl (C=O) groups excluding carboxylic acids is 1. The van der Waals surface area contributed by atoms with Gasteiger partial charge in [-0.05, 0) is 84.1 Å². The van der Waals surface area contributed by atoms with E-state index in [9.17, 15) is 38.1 Å². The van der Waals surface area contributed by atoms with Crippen LogP contribution in [0.25, 0.3) is 11.1 Å². The number of aliphatic hydroxyl groups is 1. The van der Waals surface area contributed by atoms with Gasteiger partial charge >= 0.3 is 13.6 Å². The van der Waals surface area contributed by atoms with Crippen molar-refractivity contribution in [3.8, 4) is 16.9 Å². The fraction of sp³-hybridized carbons (Fsp3) is 0.194. The number of phenols is 1. The molecule has 1 heterocycles. The van der Waals surface area contributed by atoms with Gasteiger partial charge < -0.3 is 24.9 Å². The fourth-order valence-corrected chi connectivity index (χ4v) is 5.92. The zero-order chi connectivity index (χ0) is 30.2. The second kappa shape index (κ2) is 11.7. The molecule has 218 valence electrons. The van der Waals surface area contributed by atoms with E-state index in [4.69, 9.17) is 0 Å². The predicted molar refractivity (Wildman–Crippen MR) is 154 cm³/mol. The number of urea groups is 1. The SMILES string of the molecule is CN1C(=O)N(c2ccc(F)cc2)[C@H](c2ccc(-c3ccc(P(=O)(O)O)cc3)cc2O)[C@H]1CC[C@H](O)c1ccc(F)cc1. The van der Waals surface area contributed by atoms with Gasteiger partial charge in [-0.25, -0.2) is 13.6 Å². The summed E-state index contributed by atoms with van der Waals surface area (Å²) in [4.78, 5) is 35.4. The Hall–Kier alpha value is -4.08. The summed E-state index contributed by atoms with van der Waals surface area (Å²) < 4.78 is 38.7. The van der Waals surface area contributed by atoms with Crippen LogP contribution in [0.15, 0.2) is 91.0 Å². The monoisotopic (exact) mass is 594 g/mol. The van der Waals surface area contributed by atoms with Gasteiger partial charge in [-0.2, -0.15) is 0 Å². The smallest absolute Gasteiger partial charge is 0.356 e. The quantitative estimate of drug-likeness (QED) is 0.196. The summed E-state index contributed by atoms with van der Waals surface area (Å²) in [5, 5.41) is 21.9. The minimum atomic E-state index is -4.40. The second-order valence-corrected chi connectivity index (χ2v) is 11.9. The molecule has 2 amide bonds. The molecule has 0 radical (unpaired) electrons. The Morgan fingerprint density at radius 3 is 2.00 bits per heavy atom. The van der Waals surface area contributed by atoms with Gasteiger partial charge in [0.05, 0.1) is 23.5 Å². The number of likely N-dealkylation sites (N-methyl/N-ethyl adjacent to an activating group) is 1. The summed E-state index contributed by atoms with van der Waals surface area (Å²) in [5.74, 6) is -0.999. The summed E-state index contributed by atoms with van der Waals surface area (Å²) in [6.07, 6.45) is -0.345. The average molecular weight is 595 g/mol. The van der Waals surface area contributed by atoms with E-state index in [1.807, 2.05) is 0 Å². The largest absolute Gasteiger partial charge is 0.508 e. The van der Waals surface area contributed by atoms with Gasteiger partial charge in [-0.3, -0.25) is 9.46 Å². The molecule has 0 saturated carbocycles. The maximum absolute atomic E-state index is 13.8. The van der Waals surface area contributed by atoms with Crippen LogP contribution in [-0.2, 0) is 4.57 Å². The van der Waals surface area contributed by atoms with Crippen molar-refractivity contribution in [2.45, 2.75) is 31.0 Å². The van der Waals surface area contributed by atoms with Gasteiger partial charge in [0, 0.05) is 18.3 Å². The molecule has 0 spiro atoms. The Bertz CT molecular complexity index is 1630. The first-order chi connectivity index (χ1) is 19.9. The third-order valence-electron chi connectivity index (χ3n) is 7.63. The highest BCUT2D eigenvalue weighted by molar-refractivity contribution is 7.60. The van der Waals surface area contributed by atoms with Crippen molar-refractivity contribution in [1.82, 2.24) is 4.90 Å². The molecule has 1 saturated heterocycles. The number of benzene rings is 4. The maximum Gasteiger partial charge on any atom is 0.356 e. The van der Waals surface area contributed by atoms with Crippen LogP contribution in [0, 0.1) is 11.6 Å². The Morgan fingerprint density at radius 2 is 1.43 bits per heavy atom. The predicted octanol–water partition coefficient (Wildman–Crippen LogP) is 5.64. The van der Waals surface area contributed by atoms with E-state index in [1.54, 1.807) is 31.3 Å². The summed E-state index contributed by atoms with van der Waals surface area (Å²) >= 11 is 0. The normalized spacial score (nSPS) is 18.0. The highest BCUT2D eigenvalue weighted by atomic mass is 31.2. The van der Waals surface area contributed by atoms with Gasteiger partial charge in [0.1, 0.15) is 17.4 Å². The van der Waals surface area contributed by atoms with Crippen molar-refractivity contribution < 1.29 is 38.1 Å². The summed E-state index contributed by atoms with van der Waals surface area (Å²) in [6.45, 7) is 0. The number of rotatable bonds is 8. The molecule has 1 aliphatic heterocycles. The Labute approximate surface area is 241 Å². The standard InChI is InChI=1S/C31H29F2N2O6P/c1-34-27(16-17-28(36)20-2-7-22(32)8-3-20)30(35(31(34)38)24-11-9-23(33)10-12-24)26-15-6-21(18-29(26)37)19-4-13-25(14-5-19)42(39,40)41/h2-15,18,27-28,30,36-37H,16-17H2,1H3,(H2,39,40,41)/t27-,28+,30-/m1/s1. The van der Waals surface area contributed by atoms with Crippen molar-refractivity contribution in [2.75, 3.05) is 11.9 Å². The number of anilines is 1. The molecule has 0 unspecified atom stereocenters. The molecule has 4 N–H and O–H groups in total. The molecular weight excluding hydrogens is 565 g/mol. The number of carbonyl (C=O) groups is 1. The van der Waals surface area contributed by atoms with Gasteiger partial charge in [0.2, 0.25) is 0 Å². The van der Waals surface area contributed by atoms with E-state index in [2.05, 4.69) is 0 Å². The molecule has 0 bridgehead atoms. The van der Waals surface area contributed by atoms with Crippen LogP contribution < -0.4 is 10.2 Å². The van der Waals surface area contributed by atoms with Gasteiger partial charge in [-0.15, -0.1) is 0 Å². The van der Waals surface area contributed by atoms with Crippen LogP contribution in [0.1, 0.15) is 36.1 Å². The molecule has 1 fully saturated rings. The van der Waals surface area contributed by atoms with Crippen LogP contribution in [0.5, 0.6) is 5.75 Å². The Balaban J connectivity index is 1.49. The first kappa shape index (κ1) is 29.4. The average Bonchev–Trinajstić information content (AvgIpc) is 3.21. The van der Waals surface area contributed by atoms with Gasteiger partial charge in [-0.1, -0.05) is 36.4 Å². The number of aromatic hydroxyl groups is 1. The highest BCUT2D eigenvalue weighted by Gasteiger charge is 2.46. The third kappa shape index (κ3) is 5.93. The number of hydrogen-bond acceptors (Lipinski definition) is 4. The highest BCUT2D eigenvalue weighted by Crippen LogP contribution is 2.44. The summed E-state index contributed by atoms with van der Waals surface area (Å²) in [7, 11) is -2.78. The van der Waals surface area contributed by atoms with E-state index in [1.165, 1.54) is 76.5 Å². The number of hydrogen-bond donors (Lipinski definition) is 4. The zero-order valence-electron chi connectivity index (χ0n) is 22.5. The van der Waals surface area contributed by atoms with Crippen molar-refractivity contribution in [3.05, 3.63) is 114 Å². The molecule has 42 heavy (non-hydrogen) atoms. The minimum Gasteiger partial charge on any atom is -0.508 e. The topological polar surface area (TPSA) is 122 Å². The van der Waals surface area contributed by atoms with Crippen molar-refractivity contribution in [2.24, 2.45) is 0 Å². The lowest BCUT2D eigenvalue weighted by atomic mass is 9.91. The van der Waals surface area contributed by atoms with Crippen LogP contribution in [0.2, 0.25) is 0 Å². The molecule has 1 aliphatic rings. The van der Waals surface area contributed by atoms with Crippen molar-refractivity contribution in [3.63, 3.8) is 0 Å². The number of nitrogens with zero attached hydrogens (tertiary/aromatic N) is 2. The molecule has 8 nitrogen and oxygen atoms in total. The van der Waals surface area contributed by atoms with E-state index in [0.717, 1.165) is 0 Å². The number of aliphatic hydroxyl groups excluding tert-OH is 1. The number of amides is 2. The van der Waals surface area contributed by atoms with E-state index >= 15 is 0 Å².